The molecule has 0 radical (unpaired) electrons. The van der Waals surface area contributed by atoms with Gasteiger partial charge in [-0.1, -0.05) is 24.3 Å². The molecule has 3 heterocycles. The first-order valence-electron chi connectivity index (χ1n) is 9.83. The number of aliphatic imine (C=N–C) groups is 1. The predicted octanol–water partition coefficient (Wildman–Crippen LogP) is 5.42. The van der Waals surface area contributed by atoms with Gasteiger partial charge >= 0.3 is 5.63 Å². The smallest absolute Gasteiger partial charge is 0.344 e. The van der Waals surface area contributed by atoms with Crippen molar-refractivity contribution in [3.05, 3.63) is 88.9 Å². The Labute approximate surface area is 176 Å². The summed E-state index contributed by atoms with van der Waals surface area (Å²) in [6.45, 7) is 0.183. The molecule has 5 aromatic rings. The van der Waals surface area contributed by atoms with Gasteiger partial charge in [0.05, 0.1) is 11.3 Å². The van der Waals surface area contributed by atoms with Gasteiger partial charge in [-0.2, -0.15) is 0 Å². The lowest BCUT2D eigenvalue weighted by Crippen LogP contribution is -2.02. The second kappa shape index (κ2) is 6.88. The fraction of sp³-hybridized carbons (Fsp3) is 0.0400. The maximum atomic E-state index is 12.6. The molecule has 0 bridgehead atoms. The van der Waals surface area contributed by atoms with Crippen LogP contribution < -0.4 is 15.1 Å². The maximum absolute atomic E-state index is 12.6. The van der Waals surface area contributed by atoms with Gasteiger partial charge < -0.3 is 18.9 Å². The van der Waals surface area contributed by atoms with Gasteiger partial charge in [0.25, 0.3) is 0 Å². The molecule has 3 aromatic carbocycles. The molecule has 1 N–H and O–H groups in total. The SMILES string of the molecule is O=c1oc2ccc(N=Cc3c[nH]c4ccccc34)cc2cc1-c1ccc2c(c1)OCO2. The summed E-state index contributed by atoms with van der Waals surface area (Å²) in [5.74, 6) is 1.29. The van der Waals surface area contributed by atoms with Crippen LogP contribution in [0.5, 0.6) is 11.5 Å². The van der Waals surface area contributed by atoms with Crippen molar-refractivity contribution in [1.29, 1.82) is 0 Å². The Morgan fingerprint density at radius 2 is 1.84 bits per heavy atom. The molecule has 0 unspecified atom stereocenters. The maximum Gasteiger partial charge on any atom is 0.344 e. The first-order valence-corrected chi connectivity index (χ1v) is 9.83. The number of fused-ring (bicyclic) bond motifs is 3. The lowest BCUT2D eigenvalue weighted by Gasteiger charge is -2.05. The summed E-state index contributed by atoms with van der Waals surface area (Å²) < 4.78 is 16.3. The number of para-hydroxylation sites is 1. The Kier molecular flexibility index (Phi) is 3.89. The molecule has 0 saturated carbocycles. The first kappa shape index (κ1) is 17.5. The molecule has 0 fully saturated rings. The molecule has 0 atom stereocenters. The van der Waals surface area contributed by atoms with Crippen LogP contribution in [0.15, 0.2) is 87.1 Å². The minimum atomic E-state index is -0.401. The quantitative estimate of drug-likeness (QED) is 0.319. The summed E-state index contributed by atoms with van der Waals surface area (Å²) in [4.78, 5) is 20.4. The van der Waals surface area contributed by atoms with Gasteiger partial charge in [-0.15, -0.1) is 0 Å². The number of nitrogens with zero attached hydrogens (tertiary/aromatic N) is 1. The number of aromatic nitrogens is 1. The summed E-state index contributed by atoms with van der Waals surface area (Å²) in [6.07, 6.45) is 3.77. The zero-order valence-corrected chi connectivity index (χ0v) is 16.3. The van der Waals surface area contributed by atoms with E-state index in [2.05, 4.69) is 16.0 Å². The van der Waals surface area contributed by atoms with Crippen LogP contribution in [-0.4, -0.2) is 18.0 Å². The second-order valence-corrected chi connectivity index (χ2v) is 7.29. The minimum Gasteiger partial charge on any atom is -0.454 e. The topological polar surface area (TPSA) is 76.8 Å². The summed E-state index contributed by atoms with van der Waals surface area (Å²) >= 11 is 0. The molecular weight excluding hydrogens is 392 g/mol. The highest BCUT2D eigenvalue weighted by Crippen LogP contribution is 2.36. The molecule has 0 saturated heterocycles. The average Bonchev–Trinajstić information content (AvgIpc) is 3.43. The number of H-pyrrole nitrogens is 1. The third-order valence-electron chi connectivity index (χ3n) is 5.37. The van der Waals surface area contributed by atoms with Crippen molar-refractivity contribution in [2.75, 3.05) is 6.79 Å². The molecule has 31 heavy (non-hydrogen) atoms. The fourth-order valence-electron chi connectivity index (χ4n) is 3.80. The largest absolute Gasteiger partial charge is 0.454 e. The molecule has 6 nitrogen and oxygen atoms in total. The number of rotatable bonds is 3. The van der Waals surface area contributed by atoms with Gasteiger partial charge in [-0.25, -0.2) is 4.79 Å². The summed E-state index contributed by atoms with van der Waals surface area (Å²) in [7, 11) is 0. The predicted molar refractivity (Wildman–Crippen MR) is 120 cm³/mol. The Morgan fingerprint density at radius 1 is 0.935 bits per heavy atom. The standard InChI is InChI=1S/C25H16N2O4/c28-25-20(15-5-7-23-24(11-15)30-14-29-23)10-16-9-18(6-8-22(16)31-25)26-12-17-13-27-21-4-2-1-3-19(17)21/h1-13,27H,14H2. The van der Waals surface area contributed by atoms with Gasteiger partial charge in [0.15, 0.2) is 11.5 Å². The van der Waals surface area contributed by atoms with Crippen molar-refractivity contribution >= 4 is 33.8 Å². The van der Waals surface area contributed by atoms with Crippen molar-refractivity contribution in [3.8, 4) is 22.6 Å². The van der Waals surface area contributed by atoms with Gasteiger partial charge in [-0.3, -0.25) is 4.99 Å². The molecule has 0 amide bonds. The first-order chi connectivity index (χ1) is 15.2. The van der Waals surface area contributed by atoms with Crippen molar-refractivity contribution in [3.63, 3.8) is 0 Å². The van der Waals surface area contributed by atoms with Crippen LogP contribution in [-0.2, 0) is 0 Å². The lowest BCUT2D eigenvalue weighted by atomic mass is 10.1. The van der Waals surface area contributed by atoms with E-state index in [0.717, 1.165) is 27.5 Å². The number of hydrogen-bond donors (Lipinski definition) is 1. The highest BCUT2D eigenvalue weighted by atomic mass is 16.7. The van der Waals surface area contributed by atoms with E-state index in [-0.39, 0.29) is 6.79 Å². The highest BCUT2D eigenvalue weighted by molar-refractivity contribution is 6.00. The second-order valence-electron chi connectivity index (χ2n) is 7.29. The molecule has 6 rings (SSSR count). The van der Waals surface area contributed by atoms with E-state index in [0.29, 0.717) is 28.2 Å². The van der Waals surface area contributed by atoms with Crippen molar-refractivity contribution in [2.45, 2.75) is 0 Å². The van der Waals surface area contributed by atoms with Crippen LogP contribution in [0.3, 0.4) is 0 Å². The van der Waals surface area contributed by atoms with Crippen LogP contribution in [0.25, 0.3) is 33.0 Å². The van der Waals surface area contributed by atoms with Gasteiger partial charge in [0.1, 0.15) is 5.58 Å². The van der Waals surface area contributed by atoms with E-state index in [1.165, 1.54) is 0 Å². The van der Waals surface area contributed by atoms with E-state index in [1.807, 2.05) is 54.9 Å². The zero-order valence-electron chi connectivity index (χ0n) is 16.3. The van der Waals surface area contributed by atoms with Crippen molar-refractivity contribution in [1.82, 2.24) is 4.98 Å². The van der Waals surface area contributed by atoms with Crippen LogP contribution in [0.2, 0.25) is 0 Å². The van der Waals surface area contributed by atoms with E-state index < -0.39 is 5.63 Å². The molecule has 6 heteroatoms. The Morgan fingerprint density at radius 3 is 2.81 bits per heavy atom. The van der Waals surface area contributed by atoms with Gasteiger partial charge in [-0.05, 0) is 48.0 Å². The zero-order chi connectivity index (χ0) is 20.8. The average molecular weight is 408 g/mol. The summed E-state index contributed by atoms with van der Waals surface area (Å²) in [6, 6.07) is 20.8. The van der Waals surface area contributed by atoms with E-state index in [1.54, 1.807) is 18.2 Å². The molecule has 1 aliphatic heterocycles. The normalized spacial score (nSPS) is 12.9. The van der Waals surface area contributed by atoms with Crippen LogP contribution >= 0.6 is 0 Å². The Bertz CT molecular complexity index is 1540. The van der Waals surface area contributed by atoms with Crippen molar-refractivity contribution in [2.24, 2.45) is 4.99 Å². The number of ether oxygens (including phenoxy) is 2. The summed E-state index contributed by atoms with van der Waals surface area (Å²) in [5.41, 5.74) is 4.13. The lowest BCUT2D eigenvalue weighted by molar-refractivity contribution is 0.174. The molecule has 150 valence electrons. The van der Waals surface area contributed by atoms with Crippen LogP contribution in [0.1, 0.15) is 5.56 Å². The molecule has 1 aliphatic rings. The molecule has 0 spiro atoms. The minimum absolute atomic E-state index is 0.183. The molecular formula is C25H16N2O4. The third-order valence-corrected chi connectivity index (χ3v) is 5.37. The summed E-state index contributed by atoms with van der Waals surface area (Å²) in [5, 5.41) is 1.91. The van der Waals surface area contributed by atoms with E-state index in [9.17, 15) is 4.79 Å². The van der Waals surface area contributed by atoms with E-state index >= 15 is 0 Å². The number of nitrogens with one attached hydrogen (secondary N) is 1. The molecule has 0 aliphatic carbocycles. The van der Waals surface area contributed by atoms with E-state index in [4.69, 9.17) is 13.9 Å². The monoisotopic (exact) mass is 408 g/mol. The third kappa shape index (κ3) is 3.05. The highest BCUT2D eigenvalue weighted by Gasteiger charge is 2.16. The van der Waals surface area contributed by atoms with Crippen LogP contribution in [0, 0.1) is 0 Å². The number of hydrogen-bond acceptors (Lipinski definition) is 5. The van der Waals surface area contributed by atoms with Gasteiger partial charge in [0, 0.05) is 34.3 Å². The van der Waals surface area contributed by atoms with Crippen LogP contribution in [0.4, 0.5) is 5.69 Å². The number of benzene rings is 3. The Balaban J connectivity index is 1.39. The number of aromatic amines is 1. The Hall–Kier alpha value is -4.32. The fourth-order valence-corrected chi connectivity index (χ4v) is 3.80. The van der Waals surface area contributed by atoms with Gasteiger partial charge in [0.2, 0.25) is 6.79 Å². The van der Waals surface area contributed by atoms with Crippen molar-refractivity contribution < 1.29 is 13.9 Å². The molecule has 2 aromatic heterocycles.